The van der Waals surface area contributed by atoms with Crippen LogP contribution in [0.4, 0.5) is 17.5 Å². The molecule has 1 amide bonds. The van der Waals surface area contributed by atoms with Gasteiger partial charge in [0, 0.05) is 34.1 Å². The largest absolute Gasteiger partial charge is 0.361 e. The summed E-state index contributed by atoms with van der Waals surface area (Å²) in [7, 11) is 7.52. The first-order chi connectivity index (χ1) is 8.32. The van der Waals surface area contributed by atoms with Crippen LogP contribution in [0.15, 0.2) is 6.20 Å². The van der Waals surface area contributed by atoms with Crippen molar-refractivity contribution in [3.8, 4) is 0 Å². The molecule has 6 nitrogen and oxygen atoms in total. The maximum Gasteiger partial charge on any atom is 0.227 e. The molecule has 0 atom stereocenters. The Hall–Kier alpha value is -1.85. The quantitative estimate of drug-likeness (QED) is 0.871. The Balaban J connectivity index is 3.08. The molecular formula is C12H21N5O. The van der Waals surface area contributed by atoms with Gasteiger partial charge >= 0.3 is 0 Å². The number of rotatable bonds is 4. The highest BCUT2D eigenvalue weighted by Gasteiger charge is 2.14. The third-order valence-corrected chi connectivity index (χ3v) is 2.36. The lowest BCUT2D eigenvalue weighted by Gasteiger charge is -2.19. The summed E-state index contributed by atoms with van der Waals surface area (Å²) < 4.78 is 0. The van der Waals surface area contributed by atoms with Gasteiger partial charge in [-0.05, 0) is 0 Å². The summed E-state index contributed by atoms with van der Waals surface area (Å²) in [6.07, 6.45) is 1.64. The molecule has 6 heteroatoms. The van der Waals surface area contributed by atoms with Gasteiger partial charge < -0.3 is 15.1 Å². The smallest absolute Gasteiger partial charge is 0.227 e. The number of hydrogen-bond acceptors (Lipinski definition) is 5. The molecule has 0 saturated heterocycles. The molecule has 1 aromatic heterocycles. The summed E-state index contributed by atoms with van der Waals surface area (Å²) in [5.41, 5.74) is 0.629. The van der Waals surface area contributed by atoms with Crippen LogP contribution >= 0.6 is 0 Å². The lowest BCUT2D eigenvalue weighted by Crippen LogP contribution is -2.23. The molecule has 0 fully saturated rings. The number of nitrogens with one attached hydrogen (secondary N) is 1. The van der Waals surface area contributed by atoms with Crippen molar-refractivity contribution in [1.29, 1.82) is 0 Å². The van der Waals surface area contributed by atoms with Crippen molar-refractivity contribution in [3.63, 3.8) is 0 Å². The monoisotopic (exact) mass is 251 g/mol. The highest BCUT2D eigenvalue weighted by molar-refractivity contribution is 5.94. The van der Waals surface area contributed by atoms with Crippen LogP contribution in [0.1, 0.15) is 13.8 Å². The second-order valence-electron chi connectivity index (χ2n) is 4.84. The van der Waals surface area contributed by atoms with E-state index in [-0.39, 0.29) is 11.8 Å². The zero-order valence-corrected chi connectivity index (χ0v) is 11.9. The van der Waals surface area contributed by atoms with Crippen molar-refractivity contribution in [1.82, 2.24) is 9.97 Å². The highest BCUT2D eigenvalue weighted by atomic mass is 16.1. The van der Waals surface area contributed by atoms with Crippen LogP contribution in [0.5, 0.6) is 0 Å². The van der Waals surface area contributed by atoms with E-state index in [0.29, 0.717) is 17.5 Å². The summed E-state index contributed by atoms with van der Waals surface area (Å²) >= 11 is 0. The van der Waals surface area contributed by atoms with Gasteiger partial charge in [0.1, 0.15) is 5.69 Å². The van der Waals surface area contributed by atoms with Crippen molar-refractivity contribution in [2.24, 2.45) is 5.92 Å². The van der Waals surface area contributed by atoms with Gasteiger partial charge in [-0.25, -0.2) is 4.98 Å². The van der Waals surface area contributed by atoms with Gasteiger partial charge in [0.2, 0.25) is 11.9 Å². The fourth-order valence-corrected chi connectivity index (χ4v) is 1.29. The number of aromatic nitrogens is 2. The van der Waals surface area contributed by atoms with Gasteiger partial charge in [-0.3, -0.25) is 4.79 Å². The Labute approximate surface area is 108 Å². The Kier molecular flexibility index (Phi) is 4.47. The highest BCUT2D eigenvalue weighted by Crippen LogP contribution is 2.23. The van der Waals surface area contributed by atoms with Crippen molar-refractivity contribution in [2.45, 2.75) is 13.8 Å². The number of amides is 1. The van der Waals surface area contributed by atoms with E-state index in [4.69, 9.17) is 0 Å². The van der Waals surface area contributed by atoms with E-state index < -0.39 is 0 Å². The van der Waals surface area contributed by atoms with E-state index in [1.54, 1.807) is 6.20 Å². The number of carbonyl (C=O) groups excluding carboxylic acids is 1. The molecule has 0 aliphatic rings. The Morgan fingerprint density at radius 1 is 1.22 bits per heavy atom. The minimum absolute atomic E-state index is 0.0423. The van der Waals surface area contributed by atoms with E-state index in [9.17, 15) is 4.79 Å². The minimum Gasteiger partial charge on any atom is -0.361 e. The first-order valence-electron chi connectivity index (χ1n) is 5.85. The fraction of sp³-hybridized carbons (Fsp3) is 0.583. The summed E-state index contributed by atoms with van der Waals surface area (Å²) in [5, 5.41) is 2.83. The van der Waals surface area contributed by atoms with Crippen LogP contribution in [0.3, 0.4) is 0 Å². The molecule has 0 bridgehead atoms. The molecule has 1 aromatic rings. The average Bonchev–Trinajstić information content (AvgIpc) is 2.28. The minimum atomic E-state index is -0.0754. The molecular weight excluding hydrogens is 230 g/mol. The van der Waals surface area contributed by atoms with Crippen molar-refractivity contribution >= 4 is 23.4 Å². The third kappa shape index (κ3) is 3.32. The normalized spacial score (nSPS) is 10.4. The van der Waals surface area contributed by atoms with Crippen LogP contribution in [-0.2, 0) is 4.79 Å². The fourth-order valence-electron chi connectivity index (χ4n) is 1.29. The topological polar surface area (TPSA) is 61.4 Å². The zero-order chi connectivity index (χ0) is 13.9. The van der Waals surface area contributed by atoms with Gasteiger partial charge in [-0.15, -0.1) is 0 Å². The third-order valence-electron chi connectivity index (χ3n) is 2.36. The second-order valence-corrected chi connectivity index (χ2v) is 4.84. The first-order valence-corrected chi connectivity index (χ1v) is 5.85. The summed E-state index contributed by atoms with van der Waals surface area (Å²) in [5.74, 6) is 1.19. The van der Waals surface area contributed by atoms with E-state index in [1.807, 2.05) is 51.8 Å². The maximum atomic E-state index is 11.7. The van der Waals surface area contributed by atoms with Crippen LogP contribution < -0.4 is 15.1 Å². The summed E-state index contributed by atoms with van der Waals surface area (Å²) in [6, 6.07) is 0. The molecule has 0 aliphatic carbocycles. The summed E-state index contributed by atoms with van der Waals surface area (Å²) in [4.78, 5) is 24.0. The van der Waals surface area contributed by atoms with Crippen LogP contribution in [-0.4, -0.2) is 44.1 Å². The number of hydrogen-bond donors (Lipinski definition) is 1. The Bertz CT molecular complexity index is 428. The molecule has 1 rings (SSSR count). The van der Waals surface area contributed by atoms with Crippen molar-refractivity contribution in [3.05, 3.63) is 6.20 Å². The van der Waals surface area contributed by atoms with Gasteiger partial charge in [-0.1, -0.05) is 13.8 Å². The van der Waals surface area contributed by atoms with Gasteiger partial charge in [0.05, 0.1) is 6.20 Å². The maximum absolute atomic E-state index is 11.7. The SMILES string of the molecule is CC(C)C(=O)Nc1cnc(N(C)C)nc1N(C)C. The Morgan fingerprint density at radius 3 is 2.28 bits per heavy atom. The molecule has 0 aromatic carbocycles. The molecule has 0 unspecified atom stereocenters. The molecule has 1 N–H and O–H groups in total. The zero-order valence-electron chi connectivity index (χ0n) is 11.9. The van der Waals surface area contributed by atoms with Gasteiger partial charge in [-0.2, -0.15) is 4.98 Å². The van der Waals surface area contributed by atoms with Gasteiger partial charge in [0.25, 0.3) is 0 Å². The van der Waals surface area contributed by atoms with E-state index in [1.165, 1.54) is 0 Å². The van der Waals surface area contributed by atoms with Crippen molar-refractivity contribution < 1.29 is 4.79 Å². The van der Waals surface area contributed by atoms with Crippen molar-refractivity contribution in [2.75, 3.05) is 43.3 Å². The number of carbonyl (C=O) groups is 1. The van der Waals surface area contributed by atoms with E-state index >= 15 is 0 Å². The molecule has 0 radical (unpaired) electrons. The molecule has 0 saturated carbocycles. The molecule has 0 spiro atoms. The van der Waals surface area contributed by atoms with Crippen LogP contribution in [0, 0.1) is 5.92 Å². The number of nitrogens with zero attached hydrogens (tertiary/aromatic N) is 4. The van der Waals surface area contributed by atoms with Gasteiger partial charge in [0.15, 0.2) is 5.82 Å². The lowest BCUT2D eigenvalue weighted by molar-refractivity contribution is -0.118. The number of anilines is 3. The predicted octanol–water partition coefficient (Wildman–Crippen LogP) is 1.20. The van der Waals surface area contributed by atoms with E-state index in [0.717, 1.165) is 0 Å². The van der Waals surface area contributed by atoms with Crippen LogP contribution in [0.2, 0.25) is 0 Å². The standard InChI is InChI=1S/C12H21N5O/c1-8(2)11(18)14-9-7-13-12(17(5)6)15-10(9)16(3)4/h7-8H,1-6H3,(H,14,18). The molecule has 0 aliphatic heterocycles. The lowest BCUT2D eigenvalue weighted by atomic mass is 10.2. The van der Waals surface area contributed by atoms with E-state index in [2.05, 4.69) is 15.3 Å². The summed E-state index contributed by atoms with van der Waals surface area (Å²) in [6.45, 7) is 3.69. The Morgan fingerprint density at radius 2 is 1.83 bits per heavy atom. The predicted molar refractivity (Wildman–Crippen MR) is 74.2 cm³/mol. The first kappa shape index (κ1) is 14.2. The molecule has 100 valence electrons. The molecule has 1 heterocycles. The second kappa shape index (κ2) is 5.66. The average molecular weight is 251 g/mol. The molecule has 18 heavy (non-hydrogen) atoms. The van der Waals surface area contributed by atoms with Crippen LogP contribution in [0.25, 0.3) is 0 Å².